The molecule has 2 saturated heterocycles. The summed E-state index contributed by atoms with van der Waals surface area (Å²) in [6, 6.07) is 1.98. The zero-order valence-electron chi connectivity index (χ0n) is 14.2. The zero-order chi connectivity index (χ0) is 15.4. The fourth-order valence-corrected chi connectivity index (χ4v) is 3.31. The summed E-state index contributed by atoms with van der Waals surface area (Å²) in [7, 11) is 0. The van der Waals surface area contributed by atoms with Crippen LogP contribution in [-0.2, 0) is 11.3 Å². The maximum Gasteiger partial charge on any atom is 0.222 e. The number of piperazine rings is 1. The smallest absolute Gasteiger partial charge is 0.222 e. The molecule has 8 heteroatoms. The average molecular weight is 379 g/mol. The van der Waals surface area contributed by atoms with Gasteiger partial charge in [0, 0.05) is 38.7 Å². The number of aromatic nitrogens is 1. The molecule has 2 aliphatic rings. The number of carbonyl (C=O) groups is 1. The molecule has 0 saturated carbocycles. The van der Waals surface area contributed by atoms with Crippen LogP contribution < -0.4 is 5.32 Å². The summed E-state index contributed by atoms with van der Waals surface area (Å²) in [6.07, 6.45) is 2.95. The van der Waals surface area contributed by atoms with Gasteiger partial charge in [-0.3, -0.25) is 9.69 Å². The van der Waals surface area contributed by atoms with Crippen LogP contribution in [-0.4, -0.2) is 60.1 Å². The highest BCUT2D eigenvalue weighted by Gasteiger charge is 2.23. The van der Waals surface area contributed by atoms with Gasteiger partial charge >= 0.3 is 0 Å². The fourth-order valence-electron chi connectivity index (χ4n) is 3.31. The lowest BCUT2D eigenvalue weighted by Crippen LogP contribution is -2.48. The number of amides is 1. The van der Waals surface area contributed by atoms with E-state index in [4.69, 9.17) is 4.52 Å². The second kappa shape index (κ2) is 10.2. The highest BCUT2D eigenvalue weighted by atomic mass is 35.5. The summed E-state index contributed by atoms with van der Waals surface area (Å²) >= 11 is 0. The number of rotatable bonds is 5. The van der Waals surface area contributed by atoms with Crippen LogP contribution in [0, 0.1) is 12.8 Å². The van der Waals surface area contributed by atoms with Crippen molar-refractivity contribution in [1.29, 1.82) is 0 Å². The van der Waals surface area contributed by atoms with Crippen LogP contribution in [0.3, 0.4) is 0 Å². The van der Waals surface area contributed by atoms with Crippen LogP contribution >= 0.6 is 24.8 Å². The van der Waals surface area contributed by atoms with E-state index in [-0.39, 0.29) is 24.8 Å². The quantitative estimate of drug-likeness (QED) is 0.846. The van der Waals surface area contributed by atoms with Gasteiger partial charge in [-0.2, -0.15) is 0 Å². The number of halogens is 2. The standard InChI is InChI=1S/C16H26N4O2.2ClH/c1-13-10-15(22-18-13)12-19-6-8-20(9-7-19)16(21)3-2-14-4-5-17-11-14;;/h10,14,17H,2-9,11-12H2,1H3;2*1H. The van der Waals surface area contributed by atoms with Gasteiger partial charge < -0.3 is 14.7 Å². The van der Waals surface area contributed by atoms with Gasteiger partial charge in [0.25, 0.3) is 0 Å². The normalized spacial score (nSPS) is 21.2. The molecule has 24 heavy (non-hydrogen) atoms. The molecule has 6 nitrogen and oxygen atoms in total. The number of hydrogen-bond acceptors (Lipinski definition) is 5. The molecule has 1 N–H and O–H groups in total. The largest absolute Gasteiger partial charge is 0.360 e. The Morgan fingerprint density at radius 2 is 2.08 bits per heavy atom. The highest BCUT2D eigenvalue weighted by Crippen LogP contribution is 2.16. The third-order valence-corrected chi connectivity index (χ3v) is 4.71. The van der Waals surface area contributed by atoms with Crippen molar-refractivity contribution >= 4 is 30.7 Å². The Hall–Kier alpha value is -0.820. The van der Waals surface area contributed by atoms with Crippen LogP contribution in [0.25, 0.3) is 0 Å². The lowest BCUT2D eigenvalue weighted by atomic mass is 10.0. The number of nitrogens with zero attached hydrogens (tertiary/aromatic N) is 3. The van der Waals surface area contributed by atoms with E-state index in [1.54, 1.807) is 0 Å². The molecule has 1 aromatic rings. The van der Waals surface area contributed by atoms with Crippen LogP contribution in [0.4, 0.5) is 0 Å². The lowest BCUT2D eigenvalue weighted by molar-refractivity contribution is -0.133. The first kappa shape index (κ1) is 21.2. The van der Waals surface area contributed by atoms with Crippen LogP contribution in [0.1, 0.15) is 30.7 Å². The molecule has 3 rings (SSSR count). The molecule has 0 aromatic carbocycles. The molecular formula is C16H28Cl2N4O2. The summed E-state index contributed by atoms with van der Waals surface area (Å²) in [4.78, 5) is 16.6. The average Bonchev–Trinajstić information content (AvgIpc) is 3.17. The third kappa shape index (κ3) is 5.92. The van der Waals surface area contributed by atoms with E-state index < -0.39 is 0 Å². The minimum atomic E-state index is 0. The summed E-state index contributed by atoms with van der Waals surface area (Å²) in [5.74, 6) is 1.92. The van der Waals surface area contributed by atoms with Crippen molar-refractivity contribution in [2.45, 2.75) is 32.7 Å². The molecule has 0 radical (unpaired) electrons. The van der Waals surface area contributed by atoms with Crippen molar-refractivity contribution in [3.8, 4) is 0 Å². The monoisotopic (exact) mass is 378 g/mol. The number of hydrogen-bond donors (Lipinski definition) is 1. The van der Waals surface area contributed by atoms with Crippen LogP contribution in [0.5, 0.6) is 0 Å². The lowest BCUT2D eigenvalue weighted by Gasteiger charge is -2.34. The predicted molar refractivity (Wildman–Crippen MR) is 97.8 cm³/mol. The molecule has 138 valence electrons. The Bertz CT molecular complexity index is 498. The van der Waals surface area contributed by atoms with E-state index in [0.29, 0.717) is 18.2 Å². The first-order valence-electron chi connectivity index (χ1n) is 8.34. The minimum Gasteiger partial charge on any atom is -0.360 e. The fraction of sp³-hybridized carbons (Fsp3) is 0.750. The van der Waals surface area contributed by atoms with E-state index in [1.807, 2.05) is 17.9 Å². The van der Waals surface area contributed by atoms with Gasteiger partial charge in [0.2, 0.25) is 5.91 Å². The molecular weight excluding hydrogens is 351 g/mol. The summed E-state index contributed by atoms with van der Waals surface area (Å²) < 4.78 is 5.26. The van der Waals surface area contributed by atoms with E-state index in [1.165, 1.54) is 6.42 Å². The molecule has 2 aliphatic heterocycles. The van der Waals surface area contributed by atoms with Crippen molar-refractivity contribution in [3.63, 3.8) is 0 Å². The summed E-state index contributed by atoms with van der Waals surface area (Å²) in [5.41, 5.74) is 0.921. The Kier molecular flexibility index (Phi) is 9.05. The van der Waals surface area contributed by atoms with Gasteiger partial charge in [-0.25, -0.2) is 0 Å². The van der Waals surface area contributed by atoms with Crippen molar-refractivity contribution in [2.24, 2.45) is 5.92 Å². The van der Waals surface area contributed by atoms with Crippen LogP contribution in [0.15, 0.2) is 10.6 Å². The van der Waals surface area contributed by atoms with E-state index in [9.17, 15) is 4.79 Å². The maximum atomic E-state index is 12.3. The Morgan fingerprint density at radius 3 is 2.67 bits per heavy atom. The van der Waals surface area contributed by atoms with E-state index in [2.05, 4.69) is 15.4 Å². The van der Waals surface area contributed by atoms with Crippen molar-refractivity contribution in [1.82, 2.24) is 20.3 Å². The zero-order valence-corrected chi connectivity index (χ0v) is 15.8. The third-order valence-electron chi connectivity index (χ3n) is 4.71. The molecule has 1 amide bonds. The van der Waals surface area contributed by atoms with E-state index in [0.717, 1.165) is 63.7 Å². The molecule has 3 heterocycles. The molecule has 1 unspecified atom stereocenters. The first-order chi connectivity index (χ1) is 10.7. The van der Waals surface area contributed by atoms with Crippen molar-refractivity contribution in [2.75, 3.05) is 39.3 Å². The summed E-state index contributed by atoms with van der Waals surface area (Å²) in [5, 5.41) is 7.28. The molecule has 1 atom stereocenters. The van der Waals surface area contributed by atoms with Crippen LogP contribution in [0.2, 0.25) is 0 Å². The van der Waals surface area contributed by atoms with Gasteiger partial charge in [0.1, 0.15) is 0 Å². The molecule has 0 bridgehead atoms. The van der Waals surface area contributed by atoms with Crippen molar-refractivity contribution < 1.29 is 9.32 Å². The highest BCUT2D eigenvalue weighted by molar-refractivity contribution is 5.85. The Labute approximate surface area is 156 Å². The number of aryl methyl sites for hydroxylation is 1. The topological polar surface area (TPSA) is 61.6 Å². The molecule has 0 aliphatic carbocycles. The molecule has 0 spiro atoms. The number of carbonyl (C=O) groups excluding carboxylic acids is 1. The Morgan fingerprint density at radius 1 is 1.33 bits per heavy atom. The second-order valence-corrected chi connectivity index (χ2v) is 6.49. The molecule has 1 aromatic heterocycles. The van der Waals surface area contributed by atoms with Gasteiger partial charge in [-0.15, -0.1) is 24.8 Å². The second-order valence-electron chi connectivity index (χ2n) is 6.49. The van der Waals surface area contributed by atoms with Gasteiger partial charge in [0.05, 0.1) is 12.2 Å². The SMILES string of the molecule is Cc1cc(CN2CCN(C(=O)CCC3CCNC3)CC2)on1.Cl.Cl. The van der Waals surface area contributed by atoms with Gasteiger partial charge in [-0.1, -0.05) is 5.16 Å². The number of nitrogens with one attached hydrogen (secondary N) is 1. The Balaban J connectivity index is 0.00000144. The predicted octanol–water partition coefficient (Wildman–Crippen LogP) is 1.86. The maximum absolute atomic E-state index is 12.3. The van der Waals surface area contributed by atoms with E-state index >= 15 is 0 Å². The van der Waals surface area contributed by atoms with Gasteiger partial charge in [-0.05, 0) is 38.8 Å². The van der Waals surface area contributed by atoms with Crippen molar-refractivity contribution in [3.05, 3.63) is 17.5 Å². The molecule has 2 fully saturated rings. The minimum absolute atomic E-state index is 0. The summed E-state index contributed by atoms with van der Waals surface area (Å²) in [6.45, 7) is 8.40. The first-order valence-corrected chi connectivity index (χ1v) is 8.34. The van der Waals surface area contributed by atoms with Gasteiger partial charge in [0.15, 0.2) is 5.76 Å².